The molecular weight excluding hydrogens is 274 g/mol. The number of hydrogen-bond acceptors (Lipinski definition) is 2. The molecule has 0 radical (unpaired) electrons. The summed E-state index contributed by atoms with van der Waals surface area (Å²) in [6.07, 6.45) is 0. The number of likely N-dealkylation sites (N-methyl/N-ethyl adjacent to an activating group) is 1. The van der Waals surface area contributed by atoms with Crippen molar-refractivity contribution in [1.82, 2.24) is 0 Å². The number of nitrogens with zero attached hydrogens (tertiary/aromatic N) is 1. The zero-order chi connectivity index (χ0) is 15.8. The Kier molecular flexibility index (Phi) is 5.70. The third kappa shape index (κ3) is 4.72. The van der Waals surface area contributed by atoms with E-state index < -0.39 is 0 Å². The first-order chi connectivity index (χ1) is 10.7. The average Bonchev–Trinajstić information content (AvgIpc) is 2.55. The molecule has 0 aromatic heterocycles. The standard InChI is InChI=1S/C18H19N3O/c1-2-21(13-15-7-4-3-5-8-15)14-18(22)20-17-10-6-9-16(11-17)12-19/h3-11H,2,13-14H2,1H3,(H,20,22)/p+1. The van der Waals surface area contributed by atoms with E-state index in [-0.39, 0.29) is 5.91 Å². The van der Waals surface area contributed by atoms with Crippen molar-refractivity contribution in [2.75, 3.05) is 18.4 Å². The summed E-state index contributed by atoms with van der Waals surface area (Å²) in [6.45, 7) is 4.17. The van der Waals surface area contributed by atoms with Gasteiger partial charge < -0.3 is 10.2 Å². The number of quaternary nitrogens is 1. The lowest BCUT2D eigenvalue weighted by atomic mass is 10.2. The summed E-state index contributed by atoms with van der Waals surface area (Å²) in [5.74, 6) is -0.0390. The Bertz CT molecular complexity index is 662. The van der Waals surface area contributed by atoms with E-state index in [9.17, 15) is 4.79 Å². The molecule has 2 N–H and O–H groups in total. The van der Waals surface area contributed by atoms with E-state index in [0.29, 0.717) is 17.8 Å². The molecule has 0 heterocycles. The van der Waals surface area contributed by atoms with E-state index in [2.05, 4.69) is 30.4 Å². The van der Waals surface area contributed by atoms with Gasteiger partial charge in [0.05, 0.1) is 18.2 Å². The zero-order valence-electron chi connectivity index (χ0n) is 12.7. The molecule has 4 heteroatoms. The number of carbonyl (C=O) groups excluding carboxylic acids is 1. The SMILES string of the molecule is CC[NH+](CC(=O)Nc1cccc(C#N)c1)Cc1ccccc1. The van der Waals surface area contributed by atoms with Crippen molar-refractivity contribution in [2.45, 2.75) is 13.5 Å². The summed E-state index contributed by atoms with van der Waals surface area (Å²) < 4.78 is 0. The highest BCUT2D eigenvalue weighted by Gasteiger charge is 2.13. The molecule has 0 bridgehead atoms. The normalized spacial score (nSPS) is 11.5. The first-order valence-corrected chi connectivity index (χ1v) is 7.38. The van der Waals surface area contributed by atoms with Crippen LogP contribution >= 0.6 is 0 Å². The summed E-state index contributed by atoms with van der Waals surface area (Å²) >= 11 is 0. The van der Waals surface area contributed by atoms with Crippen LogP contribution in [0.25, 0.3) is 0 Å². The van der Waals surface area contributed by atoms with Crippen molar-refractivity contribution in [3.63, 3.8) is 0 Å². The number of carbonyl (C=O) groups is 1. The van der Waals surface area contributed by atoms with Gasteiger partial charge in [-0.1, -0.05) is 36.4 Å². The number of anilines is 1. The van der Waals surface area contributed by atoms with E-state index in [1.807, 2.05) is 18.2 Å². The number of amides is 1. The lowest BCUT2D eigenvalue weighted by molar-refractivity contribution is -0.903. The van der Waals surface area contributed by atoms with Crippen LogP contribution in [0.3, 0.4) is 0 Å². The smallest absolute Gasteiger partial charge is 0.279 e. The Morgan fingerprint density at radius 1 is 1.18 bits per heavy atom. The second-order valence-electron chi connectivity index (χ2n) is 5.18. The van der Waals surface area contributed by atoms with E-state index in [1.165, 1.54) is 10.5 Å². The minimum absolute atomic E-state index is 0.0390. The Morgan fingerprint density at radius 3 is 2.64 bits per heavy atom. The number of benzene rings is 2. The van der Waals surface area contributed by atoms with Crippen LogP contribution in [0.4, 0.5) is 5.69 Å². The van der Waals surface area contributed by atoms with Gasteiger partial charge in [-0.25, -0.2) is 0 Å². The molecule has 0 aliphatic rings. The molecule has 1 amide bonds. The predicted molar refractivity (Wildman–Crippen MR) is 86.3 cm³/mol. The van der Waals surface area contributed by atoms with Gasteiger partial charge in [0.2, 0.25) is 0 Å². The minimum atomic E-state index is -0.0390. The van der Waals surface area contributed by atoms with Crippen molar-refractivity contribution < 1.29 is 9.69 Å². The summed E-state index contributed by atoms with van der Waals surface area (Å²) in [7, 11) is 0. The number of hydrogen-bond donors (Lipinski definition) is 2. The molecule has 0 saturated carbocycles. The average molecular weight is 294 g/mol. The molecule has 0 fully saturated rings. The molecule has 2 aromatic carbocycles. The highest BCUT2D eigenvalue weighted by Crippen LogP contribution is 2.09. The van der Waals surface area contributed by atoms with E-state index >= 15 is 0 Å². The fraction of sp³-hybridized carbons (Fsp3) is 0.222. The van der Waals surface area contributed by atoms with Gasteiger partial charge in [0.15, 0.2) is 6.54 Å². The van der Waals surface area contributed by atoms with Gasteiger partial charge in [-0.05, 0) is 25.1 Å². The Balaban J connectivity index is 1.93. The maximum absolute atomic E-state index is 12.2. The second kappa shape index (κ2) is 7.96. The Labute approximate surface area is 131 Å². The molecule has 2 aromatic rings. The largest absolute Gasteiger partial charge is 0.324 e. The van der Waals surface area contributed by atoms with Gasteiger partial charge in [-0.15, -0.1) is 0 Å². The molecular formula is C18H20N3O+. The van der Waals surface area contributed by atoms with Crippen LogP contribution in [0.1, 0.15) is 18.1 Å². The van der Waals surface area contributed by atoms with Crippen molar-refractivity contribution in [3.05, 3.63) is 65.7 Å². The molecule has 0 saturated heterocycles. The molecule has 0 aliphatic heterocycles. The van der Waals surface area contributed by atoms with E-state index in [0.717, 1.165) is 13.1 Å². The first kappa shape index (κ1) is 15.7. The van der Waals surface area contributed by atoms with Gasteiger partial charge in [0.1, 0.15) is 6.54 Å². The first-order valence-electron chi connectivity index (χ1n) is 7.38. The summed E-state index contributed by atoms with van der Waals surface area (Å²) in [6, 6.07) is 19.2. The molecule has 1 unspecified atom stereocenters. The van der Waals surface area contributed by atoms with Crippen LogP contribution in [-0.2, 0) is 11.3 Å². The fourth-order valence-electron chi connectivity index (χ4n) is 2.30. The number of nitriles is 1. The maximum Gasteiger partial charge on any atom is 0.279 e. The fourth-order valence-corrected chi connectivity index (χ4v) is 2.30. The minimum Gasteiger partial charge on any atom is -0.324 e. The molecule has 2 rings (SSSR count). The van der Waals surface area contributed by atoms with Crippen molar-refractivity contribution in [2.24, 2.45) is 0 Å². The van der Waals surface area contributed by atoms with Crippen LogP contribution in [0.2, 0.25) is 0 Å². The predicted octanol–water partition coefficient (Wildman–Crippen LogP) is 1.60. The molecule has 22 heavy (non-hydrogen) atoms. The van der Waals surface area contributed by atoms with Crippen LogP contribution in [0, 0.1) is 11.3 Å². The lowest BCUT2D eigenvalue weighted by Crippen LogP contribution is -3.11. The van der Waals surface area contributed by atoms with Crippen molar-refractivity contribution in [1.29, 1.82) is 5.26 Å². The van der Waals surface area contributed by atoms with Gasteiger partial charge in [-0.3, -0.25) is 4.79 Å². The van der Waals surface area contributed by atoms with E-state index in [1.54, 1.807) is 24.3 Å². The Morgan fingerprint density at radius 2 is 1.95 bits per heavy atom. The van der Waals surface area contributed by atoms with Crippen LogP contribution in [0.15, 0.2) is 54.6 Å². The third-order valence-electron chi connectivity index (χ3n) is 3.48. The van der Waals surface area contributed by atoms with Gasteiger partial charge in [0, 0.05) is 11.3 Å². The summed E-state index contributed by atoms with van der Waals surface area (Å²) in [5.41, 5.74) is 2.43. The molecule has 4 nitrogen and oxygen atoms in total. The second-order valence-corrected chi connectivity index (χ2v) is 5.18. The van der Waals surface area contributed by atoms with Crippen molar-refractivity contribution in [3.8, 4) is 6.07 Å². The summed E-state index contributed by atoms with van der Waals surface area (Å²) in [5, 5.41) is 11.7. The Hall–Kier alpha value is -2.64. The zero-order valence-corrected chi connectivity index (χ0v) is 12.7. The van der Waals surface area contributed by atoms with Gasteiger partial charge in [0.25, 0.3) is 5.91 Å². The van der Waals surface area contributed by atoms with E-state index in [4.69, 9.17) is 5.26 Å². The molecule has 112 valence electrons. The highest BCUT2D eigenvalue weighted by atomic mass is 16.2. The third-order valence-corrected chi connectivity index (χ3v) is 3.48. The summed E-state index contributed by atoms with van der Waals surface area (Å²) in [4.78, 5) is 13.4. The van der Waals surface area contributed by atoms with Crippen molar-refractivity contribution >= 4 is 11.6 Å². The highest BCUT2D eigenvalue weighted by molar-refractivity contribution is 5.91. The van der Waals surface area contributed by atoms with Crippen LogP contribution in [-0.4, -0.2) is 19.0 Å². The monoisotopic (exact) mass is 294 g/mol. The quantitative estimate of drug-likeness (QED) is 0.850. The van der Waals surface area contributed by atoms with Crippen LogP contribution in [0.5, 0.6) is 0 Å². The number of nitrogens with one attached hydrogen (secondary N) is 2. The number of rotatable bonds is 6. The molecule has 0 spiro atoms. The maximum atomic E-state index is 12.2. The van der Waals surface area contributed by atoms with Gasteiger partial charge in [-0.2, -0.15) is 5.26 Å². The van der Waals surface area contributed by atoms with Gasteiger partial charge >= 0.3 is 0 Å². The molecule has 1 atom stereocenters. The molecule has 0 aliphatic carbocycles. The lowest BCUT2D eigenvalue weighted by Gasteiger charge is -2.17. The topological polar surface area (TPSA) is 57.3 Å². The van der Waals surface area contributed by atoms with Crippen LogP contribution < -0.4 is 10.2 Å².